The summed E-state index contributed by atoms with van der Waals surface area (Å²) in [4.78, 5) is 0. The van der Waals surface area contributed by atoms with E-state index in [0.717, 1.165) is 6.54 Å². The van der Waals surface area contributed by atoms with Gasteiger partial charge in [0, 0.05) is 4.47 Å². The van der Waals surface area contributed by atoms with Crippen LogP contribution in [0, 0.1) is 27.7 Å². The summed E-state index contributed by atoms with van der Waals surface area (Å²) in [5, 5.41) is 3.64. The maximum atomic E-state index is 3.66. The number of rotatable bonds is 4. The van der Waals surface area contributed by atoms with Crippen LogP contribution in [-0.4, -0.2) is 6.54 Å². The molecule has 0 fully saturated rings. The molecule has 1 nitrogen and oxygen atoms in total. The van der Waals surface area contributed by atoms with Crippen LogP contribution in [0.4, 0.5) is 0 Å². The molecule has 0 aromatic heterocycles. The van der Waals surface area contributed by atoms with E-state index in [2.05, 4.69) is 86.2 Å². The first kappa shape index (κ1) is 16.3. The fraction of sp³-hybridized carbons (Fsp3) is 0.368. The lowest BCUT2D eigenvalue weighted by Gasteiger charge is -2.23. The molecular weight excluding hydrogens is 322 g/mol. The van der Waals surface area contributed by atoms with Gasteiger partial charge in [-0.15, -0.1) is 0 Å². The average Bonchev–Trinajstić information content (AvgIpc) is 2.44. The molecule has 112 valence electrons. The first-order valence-electron chi connectivity index (χ1n) is 7.51. The van der Waals surface area contributed by atoms with E-state index in [0.29, 0.717) is 0 Å². The van der Waals surface area contributed by atoms with Gasteiger partial charge >= 0.3 is 0 Å². The number of benzene rings is 2. The van der Waals surface area contributed by atoms with Gasteiger partial charge in [-0.3, -0.25) is 0 Å². The number of nitrogens with one attached hydrogen (secondary N) is 1. The molecule has 0 amide bonds. The monoisotopic (exact) mass is 345 g/mol. The van der Waals surface area contributed by atoms with E-state index in [1.807, 2.05) is 0 Å². The van der Waals surface area contributed by atoms with Crippen molar-refractivity contribution in [3.63, 3.8) is 0 Å². The van der Waals surface area contributed by atoms with Crippen molar-refractivity contribution in [1.82, 2.24) is 5.32 Å². The number of hydrogen-bond donors (Lipinski definition) is 1. The zero-order valence-electron chi connectivity index (χ0n) is 13.5. The van der Waals surface area contributed by atoms with Crippen LogP contribution in [0.5, 0.6) is 0 Å². The highest BCUT2D eigenvalue weighted by Gasteiger charge is 2.17. The zero-order valence-corrected chi connectivity index (χ0v) is 15.1. The number of hydrogen-bond acceptors (Lipinski definition) is 1. The highest BCUT2D eigenvalue weighted by molar-refractivity contribution is 9.10. The van der Waals surface area contributed by atoms with Crippen molar-refractivity contribution in [2.75, 3.05) is 6.54 Å². The molecule has 2 aromatic carbocycles. The molecule has 0 aliphatic heterocycles. The van der Waals surface area contributed by atoms with Crippen LogP contribution in [0.15, 0.2) is 34.8 Å². The second-order valence-corrected chi connectivity index (χ2v) is 6.61. The number of aryl methyl sites for hydroxylation is 4. The Labute approximate surface area is 136 Å². The van der Waals surface area contributed by atoms with E-state index in [1.54, 1.807) is 0 Å². The van der Waals surface area contributed by atoms with Crippen molar-refractivity contribution in [3.05, 3.63) is 68.2 Å². The molecule has 2 heteroatoms. The Morgan fingerprint density at radius 3 is 2.14 bits per heavy atom. The van der Waals surface area contributed by atoms with E-state index >= 15 is 0 Å². The summed E-state index contributed by atoms with van der Waals surface area (Å²) < 4.78 is 1.21. The predicted octanol–water partition coefficient (Wildman–Crippen LogP) is 5.38. The minimum Gasteiger partial charge on any atom is -0.307 e. The second-order valence-electron chi connectivity index (χ2n) is 5.82. The van der Waals surface area contributed by atoms with Gasteiger partial charge < -0.3 is 5.32 Å². The van der Waals surface area contributed by atoms with Crippen LogP contribution in [0.25, 0.3) is 0 Å². The number of halogens is 1. The Hall–Kier alpha value is -1.12. The molecule has 0 heterocycles. The van der Waals surface area contributed by atoms with E-state index in [9.17, 15) is 0 Å². The SMILES string of the molecule is CCNC(c1cc(C)c(Br)c(C)c1)c1cc(C)ccc1C. The third-order valence-electron chi connectivity index (χ3n) is 3.95. The van der Waals surface area contributed by atoms with Crippen molar-refractivity contribution in [2.45, 2.75) is 40.7 Å². The molecule has 0 saturated heterocycles. The molecule has 0 bridgehead atoms. The first-order valence-corrected chi connectivity index (χ1v) is 8.30. The standard InChI is InChI=1S/C19H24BrN/c1-6-21-19(17-9-12(2)7-8-13(17)3)16-10-14(4)18(20)15(5)11-16/h7-11,19,21H,6H2,1-5H3. The molecular formula is C19H24BrN. The van der Waals surface area contributed by atoms with Crippen molar-refractivity contribution >= 4 is 15.9 Å². The van der Waals surface area contributed by atoms with E-state index in [-0.39, 0.29) is 6.04 Å². The van der Waals surface area contributed by atoms with Crippen LogP contribution in [0.3, 0.4) is 0 Å². The predicted molar refractivity (Wildman–Crippen MR) is 95.1 cm³/mol. The largest absolute Gasteiger partial charge is 0.307 e. The minimum absolute atomic E-state index is 0.250. The maximum absolute atomic E-state index is 3.66. The fourth-order valence-corrected chi connectivity index (χ4v) is 3.06. The van der Waals surface area contributed by atoms with Gasteiger partial charge in [-0.2, -0.15) is 0 Å². The maximum Gasteiger partial charge on any atom is 0.0579 e. The summed E-state index contributed by atoms with van der Waals surface area (Å²) in [6, 6.07) is 11.5. The summed E-state index contributed by atoms with van der Waals surface area (Å²) in [6.07, 6.45) is 0. The summed E-state index contributed by atoms with van der Waals surface area (Å²) in [6.45, 7) is 11.8. The fourth-order valence-electron chi connectivity index (χ4n) is 2.83. The topological polar surface area (TPSA) is 12.0 Å². The second kappa shape index (κ2) is 6.76. The van der Waals surface area contributed by atoms with Gasteiger partial charge in [-0.05, 0) is 62.1 Å². The van der Waals surface area contributed by atoms with Gasteiger partial charge in [0.1, 0.15) is 0 Å². The van der Waals surface area contributed by atoms with Crippen LogP contribution in [0.1, 0.15) is 46.3 Å². The van der Waals surface area contributed by atoms with Gasteiger partial charge in [0.25, 0.3) is 0 Å². The summed E-state index contributed by atoms with van der Waals surface area (Å²) >= 11 is 3.66. The van der Waals surface area contributed by atoms with Crippen LogP contribution < -0.4 is 5.32 Å². The lowest BCUT2D eigenvalue weighted by atomic mass is 9.91. The Bertz CT molecular complexity index is 623. The Morgan fingerprint density at radius 2 is 1.57 bits per heavy atom. The van der Waals surface area contributed by atoms with Gasteiger partial charge in [0.2, 0.25) is 0 Å². The van der Waals surface area contributed by atoms with Gasteiger partial charge in [-0.25, -0.2) is 0 Å². The third kappa shape index (κ3) is 3.56. The zero-order chi connectivity index (χ0) is 15.6. The van der Waals surface area contributed by atoms with E-state index in [4.69, 9.17) is 0 Å². The molecule has 2 aromatic rings. The molecule has 0 radical (unpaired) electrons. The average molecular weight is 346 g/mol. The molecule has 2 rings (SSSR count). The molecule has 0 spiro atoms. The summed E-state index contributed by atoms with van der Waals surface area (Å²) in [7, 11) is 0. The molecule has 1 atom stereocenters. The van der Waals surface area contributed by atoms with Crippen LogP contribution in [-0.2, 0) is 0 Å². The minimum atomic E-state index is 0.250. The van der Waals surface area contributed by atoms with Crippen LogP contribution >= 0.6 is 15.9 Å². The third-order valence-corrected chi connectivity index (χ3v) is 5.20. The molecule has 21 heavy (non-hydrogen) atoms. The molecule has 1 N–H and O–H groups in total. The Balaban J connectivity index is 2.56. The lowest BCUT2D eigenvalue weighted by molar-refractivity contribution is 0.626. The Morgan fingerprint density at radius 1 is 0.952 bits per heavy atom. The van der Waals surface area contributed by atoms with Gasteiger partial charge in [0.15, 0.2) is 0 Å². The normalized spacial score (nSPS) is 12.5. The highest BCUT2D eigenvalue weighted by Crippen LogP contribution is 2.30. The van der Waals surface area contributed by atoms with Crippen molar-refractivity contribution in [2.24, 2.45) is 0 Å². The van der Waals surface area contributed by atoms with E-state index < -0.39 is 0 Å². The highest BCUT2D eigenvalue weighted by atomic mass is 79.9. The molecule has 0 saturated carbocycles. The van der Waals surface area contributed by atoms with Gasteiger partial charge in [-0.1, -0.05) is 58.7 Å². The molecule has 0 aliphatic rings. The van der Waals surface area contributed by atoms with Gasteiger partial charge in [0.05, 0.1) is 6.04 Å². The molecule has 1 unspecified atom stereocenters. The first-order chi connectivity index (χ1) is 9.93. The van der Waals surface area contributed by atoms with E-state index in [1.165, 1.54) is 37.9 Å². The van der Waals surface area contributed by atoms with Crippen molar-refractivity contribution in [1.29, 1.82) is 0 Å². The summed E-state index contributed by atoms with van der Waals surface area (Å²) in [5.74, 6) is 0. The smallest absolute Gasteiger partial charge is 0.0579 e. The quantitative estimate of drug-likeness (QED) is 0.783. The lowest BCUT2D eigenvalue weighted by Crippen LogP contribution is -2.23. The van der Waals surface area contributed by atoms with Crippen molar-refractivity contribution in [3.8, 4) is 0 Å². The van der Waals surface area contributed by atoms with Crippen molar-refractivity contribution < 1.29 is 0 Å². The Kier molecular flexibility index (Phi) is 5.23. The van der Waals surface area contributed by atoms with Crippen LogP contribution in [0.2, 0.25) is 0 Å². The summed E-state index contributed by atoms with van der Waals surface area (Å²) in [5.41, 5.74) is 7.94. The molecule has 0 aliphatic carbocycles.